The van der Waals surface area contributed by atoms with Gasteiger partial charge in [0.25, 0.3) is 5.91 Å². The Hall–Kier alpha value is -1.86. The molecule has 29 heavy (non-hydrogen) atoms. The maximum atomic E-state index is 13.3. The van der Waals surface area contributed by atoms with Crippen molar-refractivity contribution in [2.45, 2.75) is 58.7 Å². The number of benzene rings is 1. The molecule has 0 aliphatic carbocycles. The molecule has 2 unspecified atom stereocenters. The molecule has 3 rings (SSSR count). The molecule has 2 atom stereocenters. The van der Waals surface area contributed by atoms with E-state index in [4.69, 9.17) is 4.74 Å². The van der Waals surface area contributed by atoms with Gasteiger partial charge < -0.3 is 9.64 Å². The van der Waals surface area contributed by atoms with Gasteiger partial charge in [-0.3, -0.25) is 4.79 Å². The van der Waals surface area contributed by atoms with Crippen LogP contribution in [0.3, 0.4) is 0 Å². The van der Waals surface area contributed by atoms with Crippen molar-refractivity contribution in [3.8, 4) is 5.75 Å². The van der Waals surface area contributed by atoms with Gasteiger partial charge in [-0.2, -0.15) is 0 Å². The SMILES string of the molecule is Cc1ccsc1CN(C(=O)C(C)Oc1ccc(C(C)C)cc1)C1CCS(=O)(=O)C1. The summed E-state index contributed by atoms with van der Waals surface area (Å²) in [6.07, 6.45) is -0.211. The number of thiophene rings is 1. The van der Waals surface area contributed by atoms with Crippen LogP contribution in [0.2, 0.25) is 0 Å². The average molecular weight is 436 g/mol. The first-order valence-electron chi connectivity index (χ1n) is 9.97. The Bertz CT molecular complexity index is 947. The molecule has 158 valence electrons. The normalized spacial score (nSPS) is 19.3. The molecule has 1 aliphatic rings. The number of rotatable bonds is 7. The molecule has 1 aromatic heterocycles. The number of hydrogen-bond acceptors (Lipinski definition) is 5. The lowest BCUT2D eigenvalue weighted by atomic mass is 10.0. The third-order valence-electron chi connectivity index (χ3n) is 5.42. The Balaban J connectivity index is 1.76. The minimum atomic E-state index is -3.09. The van der Waals surface area contributed by atoms with E-state index in [0.717, 1.165) is 10.4 Å². The maximum Gasteiger partial charge on any atom is 0.263 e. The fourth-order valence-electron chi connectivity index (χ4n) is 3.55. The lowest BCUT2D eigenvalue weighted by molar-refractivity contribution is -0.140. The van der Waals surface area contributed by atoms with Crippen LogP contribution in [0.1, 0.15) is 49.1 Å². The van der Waals surface area contributed by atoms with Crippen molar-refractivity contribution in [1.29, 1.82) is 0 Å². The molecule has 1 aliphatic heterocycles. The molecular weight excluding hydrogens is 406 g/mol. The fraction of sp³-hybridized carbons (Fsp3) is 0.500. The Morgan fingerprint density at radius 3 is 2.41 bits per heavy atom. The van der Waals surface area contributed by atoms with Gasteiger partial charge in [0.15, 0.2) is 15.9 Å². The van der Waals surface area contributed by atoms with E-state index in [0.29, 0.717) is 24.6 Å². The highest BCUT2D eigenvalue weighted by Crippen LogP contribution is 2.26. The van der Waals surface area contributed by atoms with Gasteiger partial charge in [-0.1, -0.05) is 26.0 Å². The number of aryl methyl sites for hydroxylation is 1. The second-order valence-electron chi connectivity index (χ2n) is 8.03. The molecule has 0 N–H and O–H groups in total. The molecule has 2 heterocycles. The van der Waals surface area contributed by atoms with Crippen molar-refractivity contribution in [3.05, 3.63) is 51.7 Å². The lowest BCUT2D eigenvalue weighted by Crippen LogP contribution is -2.46. The highest BCUT2D eigenvalue weighted by molar-refractivity contribution is 7.91. The van der Waals surface area contributed by atoms with Crippen LogP contribution in [0.5, 0.6) is 5.75 Å². The molecule has 0 bridgehead atoms. The topological polar surface area (TPSA) is 63.7 Å². The Morgan fingerprint density at radius 1 is 1.21 bits per heavy atom. The smallest absolute Gasteiger partial charge is 0.263 e. The maximum absolute atomic E-state index is 13.3. The standard InChI is InChI=1S/C22H29NO4S2/c1-15(2)18-5-7-20(8-6-18)27-17(4)22(24)23(13-21-16(3)9-11-28-21)19-10-12-29(25,26)14-19/h5-9,11,15,17,19H,10,12-14H2,1-4H3. The Kier molecular flexibility index (Phi) is 6.69. The molecule has 1 fully saturated rings. The Morgan fingerprint density at radius 2 is 1.90 bits per heavy atom. The van der Waals surface area contributed by atoms with E-state index >= 15 is 0 Å². The van der Waals surface area contributed by atoms with Crippen molar-refractivity contribution in [2.24, 2.45) is 0 Å². The van der Waals surface area contributed by atoms with Crippen LogP contribution in [0, 0.1) is 6.92 Å². The summed E-state index contributed by atoms with van der Waals surface area (Å²) in [5.74, 6) is 1.06. The van der Waals surface area contributed by atoms with Gasteiger partial charge in [-0.05, 0) is 60.9 Å². The molecule has 5 nitrogen and oxygen atoms in total. The predicted molar refractivity (Wildman–Crippen MR) is 117 cm³/mol. The largest absolute Gasteiger partial charge is 0.481 e. The number of ether oxygens (including phenoxy) is 1. The molecule has 1 saturated heterocycles. The summed E-state index contributed by atoms with van der Waals surface area (Å²) in [5, 5.41) is 1.99. The number of amides is 1. The van der Waals surface area contributed by atoms with Crippen LogP contribution in [0.15, 0.2) is 35.7 Å². The zero-order chi connectivity index (χ0) is 21.2. The van der Waals surface area contributed by atoms with E-state index in [1.165, 1.54) is 5.56 Å². The fourth-order valence-corrected chi connectivity index (χ4v) is 6.18. The van der Waals surface area contributed by atoms with Crippen molar-refractivity contribution < 1.29 is 17.9 Å². The highest BCUT2D eigenvalue weighted by atomic mass is 32.2. The first-order chi connectivity index (χ1) is 13.7. The summed E-state index contributed by atoms with van der Waals surface area (Å²) in [4.78, 5) is 16.1. The average Bonchev–Trinajstić information content (AvgIpc) is 3.24. The van der Waals surface area contributed by atoms with Crippen LogP contribution >= 0.6 is 11.3 Å². The summed E-state index contributed by atoms with van der Waals surface area (Å²) >= 11 is 1.59. The van der Waals surface area contributed by atoms with E-state index < -0.39 is 15.9 Å². The van der Waals surface area contributed by atoms with Gasteiger partial charge in [0, 0.05) is 10.9 Å². The van der Waals surface area contributed by atoms with Crippen molar-refractivity contribution in [3.63, 3.8) is 0 Å². The molecule has 0 spiro atoms. The number of sulfone groups is 1. The first kappa shape index (κ1) is 21.8. The van der Waals surface area contributed by atoms with Crippen molar-refractivity contribution in [2.75, 3.05) is 11.5 Å². The van der Waals surface area contributed by atoms with E-state index in [1.807, 2.05) is 42.6 Å². The third kappa shape index (κ3) is 5.39. The van der Waals surface area contributed by atoms with Crippen molar-refractivity contribution >= 4 is 27.1 Å². The van der Waals surface area contributed by atoms with Gasteiger partial charge >= 0.3 is 0 Å². The van der Waals surface area contributed by atoms with E-state index in [1.54, 1.807) is 23.2 Å². The van der Waals surface area contributed by atoms with Gasteiger partial charge in [0.2, 0.25) is 0 Å². The molecular formula is C22H29NO4S2. The minimum absolute atomic E-state index is 0.0268. The van der Waals surface area contributed by atoms with Crippen LogP contribution in [0.25, 0.3) is 0 Å². The lowest BCUT2D eigenvalue weighted by Gasteiger charge is -2.30. The van der Waals surface area contributed by atoms with Gasteiger partial charge in [-0.25, -0.2) is 8.42 Å². The second-order valence-corrected chi connectivity index (χ2v) is 11.3. The van der Waals surface area contributed by atoms with Gasteiger partial charge in [0.05, 0.1) is 18.1 Å². The van der Waals surface area contributed by atoms with Crippen LogP contribution in [-0.4, -0.2) is 42.9 Å². The van der Waals surface area contributed by atoms with Gasteiger partial charge in [0.1, 0.15) is 5.75 Å². The molecule has 7 heteroatoms. The number of nitrogens with zero attached hydrogens (tertiary/aromatic N) is 1. The second kappa shape index (κ2) is 8.88. The van der Waals surface area contributed by atoms with E-state index in [-0.39, 0.29) is 23.5 Å². The number of carbonyl (C=O) groups is 1. The summed E-state index contributed by atoms with van der Waals surface area (Å²) in [5.41, 5.74) is 2.33. The molecule has 1 aromatic carbocycles. The number of carbonyl (C=O) groups excluding carboxylic acids is 1. The summed E-state index contributed by atoms with van der Waals surface area (Å²) in [6.45, 7) is 8.42. The minimum Gasteiger partial charge on any atom is -0.481 e. The highest BCUT2D eigenvalue weighted by Gasteiger charge is 2.37. The monoisotopic (exact) mass is 435 g/mol. The van der Waals surface area contributed by atoms with Crippen molar-refractivity contribution in [1.82, 2.24) is 4.90 Å². The quantitative estimate of drug-likeness (QED) is 0.655. The zero-order valence-electron chi connectivity index (χ0n) is 17.4. The predicted octanol–water partition coefficient (Wildman–Crippen LogP) is 4.16. The molecule has 1 amide bonds. The zero-order valence-corrected chi connectivity index (χ0v) is 19.1. The van der Waals surface area contributed by atoms with Gasteiger partial charge in [-0.15, -0.1) is 11.3 Å². The van der Waals surface area contributed by atoms with Crippen LogP contribution in [0.4, 0.5) is 0 Å². The van der Waals surface area contributed by atoms with E-state index in [2.05, 4.69) is 13.8 Å². The number of hydrogen-bond donors (Lipinski definition) is 0. The summed E-state index contributed by atoms with van der Waals surface area (Å²) < 4.78 is 30.0. The van der Waals surface area contributed by atoms with Crippen LogP contribution in [-0.2, 0) is 21.2 Å². The molecule has 0 saturated carbocycles. The summed E-state index contributed by atoms with van der Waals surface area (Å²) in [7, 11) is -3.09. The first-order valence-corrected chi connectivity index (χ1v) is 12.7. The Labute approximate surface area is 177 Å². The van der Waals surface area contributed by atoms with E-state index in [9.17, 15) is 13.2 Å². The molecule has 0 radical (unpaired) electrons. The summed E-state index contributed by atoms with van der Waals surface area (Å²) in [6, 6.07) is 9.49. The van der Waals surface area contributed by atoms with Crippen LogP contribution < -0.4 is 4.74 Å². The molecule has 2 aromatic rings. The third-order valence-corrected chi connectivity index (χ3v) is 8.18.